The lowest BCUT2D eigenvalue weighted by molar-refractivity contribution is 0.491. The largest absolute Gasteiger partial charge is 0.241 e. The van der Waals surface area contributed by atoms with Crippen LogP contribution in [-0.4, -0.2) is 14.0 Å². The minimum Gasteiger partial charge on any atom is -0.207 e. The van der Waals surface area contributed by atoms with Crippen molar-refractivity contribution in [1.29, 1.82) is 0 Å². The molecule has 1 rings (SSSR count). The monoisotopic (exact) mass is 253 g/mol. The highest BCUT2D eigenvalue weighted by Crippen LogP contribution is 2.22. The Labute approximate surface area is 104 Å². The zero-order valence-electron chi connectivity index (χ0n) is 10.7. The van der Waals surface area contributed by atoms with Gasteiger partial charge in [0, 0.05) is 5.54 Å². The third-order valence-electron chi connectivity index (χ3n) is 2.08. The average Bonchev–Trinajstić information content (AvgIpc) is 2.14. The highest BCUT2D eigenvalue weighted by Gasteiger charge is 2.24. The summed E-state index contributed by atoms with van der Waals surface area (Å²) in [4.78, 5) is 0.280. The molecule has 17 heavy (non-hydrogen) atoms. The number of rotatable bonds is 3. The predicted molar refractivity (Wildman–Crippen MR) is 71.2 cm³/mol. The molecule has 1 aromatic carbocycles. The van der Waals surface area contributed by atoms with Crippen molar-refractivity contribution < 1.29 is 8.42 Å². The van der Waals surface area contributed by atoms with Crippen LogP contribution in [0.2, 0.25) is 0 Å². The first-order chi connectivity index (χ1) is 7.63. The van der Waals surface area contributed by atoms with Crippen molar-refractivity contribution in [3.8, 4) is 0 Å². The zero-order chi connectivity index (χ0) is 13.3. The maximum Gasteiger partial charge on any atom is 0.241 e. The standard InChI is InChI=1S/C13H19NO2S/c1-10(2)11-8-6-7-9-12(11)17(15,16)14-13(3,4)5/h6-9,14H,1H2,2-5H3. The van der Waals surface area contributed by atoms with Crippen molar-refractivity contribution >= 4 is 15.6 Å². The van der Waals surface area contributed by atoms with E-state index < -0.39 is 15.6 Å². The maximum absolute atomic E-state index is 12.2. The first kappa shape index (κ1) is 13.9. The van der Waals surface area contributed by atoms with Crippen LogP contribution < -0.4 is 4.72 Å². The smallest absolute Gasteiger partial charge is 0.207 e. The van der Waals surface area contributed by atoms with Gasteiger partial charge in [0.2, 0.25) is 10.0 Å². The fourth-order valence-electron chi connectivity index (χ4n) is 1.51. The molecule has 3 nitrogen and oxygen atoms in total. The Morgan fingerprint density at radius 1 is 1.24 bits per heavy atom. The Kier molecular flexibility index (Phi) is 3.79. The minimum absolute atomic E-state index is 0.280. The van der Waals surface area contributed by atoms with E-state index >= 15 is 0 Å². The van der Waals surface area contributed by atoms with Gasteiger partial charge in [-0.25, -0.2) is 13.1 Å². The van der Waals surface area contributed by atoms with Crippen LogP contribution in [-0.2, 0) is 10.0 Å². The first-order valence-corrected chi connectivity index (χ1v) is 6.91. The molecule has 0 bridgehead atoms. The van der Waals surface area contributed by atoms with E-state index in [9.17, 15) is 8.42 Å². The summed E-state index contributed by atoms with van der Waals surface area (Å²) in [7, 11) is -3.50. The van der Waals surface area contributed by atoms with E-state index in [1.54, 1.807) is 31.2 Å². The van der Waals surface area contributed by atoms with Crippen LogP contribution in [0.5, 0.6) is 0 Å². The molecular formula is C13H19NO2S. The molecule has 0 spiro atoms. The fourth-order valence-corrected chi connectivity index (χ4v) is 3.22. The Hall–Kier alpha value is -1.13. The van der Waals surface area contributed by atoms with Gasteiger partial charge in [-0.15, -0.1) is 0 Å². The van der Waals surface area contributed by atoms with Crippen molar-refractivity contribution in [2.24, 2.45) is 0 Å². The van der Waals surface area contributed by atoms with Crippen LogP contribution in [0, 0.1) is 0 Å². The molecule has 0 fully saturated rings. The van der Waals surface area contributed by atoms with Crippen LogP contribution in [0.4, 0.5) is 0 Å². The van der Waals surface area contributed by atoms with Crippen LogP contribution in [0.15, 0.2) is 35.7 Å². The summed E-state index contributed by atoms with van der Waals surface area (Å²) < 4.78 is 27.1. The summed E-state index contributed by atoms with van der Waals surface area (Å²) in [5.74, 6) is 0. The SMILES string of the molecule is C=C(C)c1ccccc1S(=O)(=O)NC(C)(C)C. The fraction of sp³-hybridized carbons (Fsp3) is 0.385. The average molecular weight is 253 g/mol. The lowest BCUT2D eigenvalue weighted by atomic mass is 10.1. The predicted octanol–water partition coefficient (Wildman–Crippen LogP) is 2.80. The number of benzene rings is 1. The second kappa shape index (κ2) is 4.63. The van der Waals surface area contributed by atoms with E-state index in [-0.39, 0.29) is 4.90 Å². The Morgan fingerprint density at radius 3 is 2.24 bits per heavy atom. The van der Waals surface area contributed by atoms with Gasteiger partial charge in [0.05, 0.1) is 4.90 Å². The van der Waals surface area contributed by atoms with Crippen LogP contribution >= 0.6 is 0 Å². The molecule has 1 N–H and O–H groups in total. The lowest BCUT2D eigenvalue weighted by Gasteiger charge is -2.21. The second-order valence-electron chi connectivity index (χ2n) is 5.13. The van der Waals surface area contributed by atoms with E-state index in [1.165, 1.54) is 0 Å². The normalized spacial score (nSPS) is 12.5. The molecule has 0 aromatic heterocycles. The molecule has 0 radical (unpaired) electrons. The Balaban J connectivity index is 3.30. The summed E-state index contributed by atoms with van der Waals surface area (Å²) in [5, 5.41) is 0. The van der Waals surface area contributed by atoms with Crippen molar-refractivity contribution in [2.45, 2.75) is 38.1 Å². The first-order valence-electron chi connectivity index (χ1n) is 5.42. The van der Waals surface area contributed by atoms with E-state index in [0.717, 1.165) is 5.57 Å². The van der Waals surface area contributed by atoms with Gasteiger partial charge >= 0.3 is 0 Å². The molecule has 0 aliphatic carbocycles. The van der Waals surface area contributed by atoms with Gasteiger partial charge in [0.1, 0.15) is 0 Å². The van der Waals surface area contributed by atoms with E-state index in [4.69, 9.17) is 0 Å². The lowest BCUT2D eigenvalue weighted by Crippen LogP contribution is -2.40. The third kappa shape index (κ3) is 3.68. The molecule has 0 saturated carbocycles. The van der Waals surface area contributed by atoms with Crippen LogP contribution in [0.25, 0.3) is 5.57 Å². The van der Waals surface area contributed by atoms with Gasteiger partial charge in [-0.2, -0.15) is 0 Å². The topological polar surface area (TPSA) is 46.2 Å². The zero-order valence-corrected chi connectivity index (χ0v) is 11.6. The van der Waals surface area contributed by atoms with Gasteiger partial charge in [0.15, 0.2) is 0 Å². The molecule has 0 amide bonds. The second-order valence-corrected chi connectivity index (χ2v) is 6.78. The molecule has 4 heteroatoms. The van der Waals surface area contributed by atoms with Gasteiger partial charge in [-0.1, -0.05) is 24.8 Å². The number of allylic oxidation sites excluding steroid dienone is 1. The summed E-state index contributed by atoms with van der Waals surface area (Å²) in [6, 6.07) is 6.88. The molecule has 0 saturated heterocycles. The van der Waals surface area contributed by atoms with Crippen molar-refractivity contribution in [2.75, 3.05) is 0 Å². The van der Waals surface area contributed by atoms with Gasteiger partial charge in [-0.3, -0.25) is 0 Å². The molecule has 0 aliphatic heterocycles. The van der Waals surface area contributed by atoms with Gasteiger partial charge in [-0.05, 0) is 44.9 Å². The van der Waals surface area contributed by atoms with Crippen LogP contribution in [0.1, 0.15) is 33.3 Å². The van der Waals surface area contributed by atoms with E-state index in [2.05, 4.69) is 11.3 Å². The van der Waals surface area contributed by atoms with Crippen LogP contribution in [0.3, 0.4) is 0 Å². The summed E-state index contributed by atoms with van der Waals surface area (Å²) in [6.07, 6.45) is 0. The van der Waals surface area contributed by atoms with E-state index in [1.807, 2.05) is 20.8 Å². The minimum atomic E-state index is -3.50. The summed E-state index contributed by atoms with van der Waals surface area (Å²) in [5.41, 5.74) is 0.894. The summed E-state index contributed by atoms with van der Waals surface area (Å²) in [6.45, 7) is 11.0. The number of hydrogen-bond acceptors (Lipinski definition) is 2. The molecule has 0 atom stereocenters. The Bertz CT molecular complexity index is 525. The number of hydrogen-bond donors (Lipinski definition) is 1. The van der Waals surface area contributed by atoms with E-state index in [0.29, 0.717) is 5.56 Å². The third-order valence-corrected chi connectivity index (χ3v) is 3.89. The molecule has 0 aliphatic rings. The molecular weight excluding hydrogens is 234 g/mol. The summed E-state index contributed by atoms with van der Waals surface area (Å²) >= 11 is 0. The van der Waals surface area contributed by atoms with Gasteiger partial charge < -0.3 is 0 Å². The molecule has 0 heterocycles. The quantitative estimate of drug-likeness (QED) is 0.900. The molecule has 1 aromatic rings. The highest BCUT2D eigenvalue weighted by atomic mass is 32.2. The number of nitrogens with one attached hydrogen (secondary N) is 1. The van der Waals surface area contributed by atoms with Crippen molar-refractivity contribution in [1.82, 2.24) is 4.72 Å². The van der Waals surface area contributed by atoms with Crippen molar-refractivity contribution in [3.05, 3.63) is 36.4 Å². The number of sulfonamides is 1. The molecule has 94 valence electrons. The van der Waals surface area contributed by atoms with Gasteiger partial charge in [0.25, 0.3) is 0 Å². The Morgan fingerprint density at radius 2 is 1.76 bits per heavy atom. The molecule has 0 unspecified atom stereocenters. The maximum atomic E-state index is 12.2. The van der Waals surface area contributed by atoms with Crippen molar-refractivity contribution in [3.63, 3.8) is 0 Å². The highest BCUT2D eigenvalue weighted by molar-refractivity contribution is 7.89.